The Morgan fingerprint density at radius 2 is 1.65 bits per heavy atom. The van der Waals surface area contributed by atoms with E-state index in [9.17, 15) is 0 Å². The van der Waals surface area contributed by atoms with Crippen molar-refractivity contribution in [1.29, 1.82) is 0 Å². The van der Waals surface area contributed by atoms with E-state index >= 15 is 0 Å². The Morgan fingerprint density at radius 3 is 2.30 bits per heavy atom. The first-order chi connectivity index (χ1) is 11.2. The summed E-state index contributed by atoms with van der Waals surface area (Å²) in [4.78, 5) is 0. The van der Waals surface area contributed by atoms with Crippen molar-refractivity contribution in [2.75, 3.05) is 20.3 Å². The summed E-state index contributed by atoms with van der Waals surface area (Å²) in [5, 5.41) is 0. The third-order valence-electron chi connectivity index (χ3n) is 3.22. The van der Waals surface area contributed by atoms with E-state index in [1.54, 1.807) is 7.11 Å². The normalized spacial score (nSPS) is 10.8. The lowest BCUT2D eigenvalue weighted by Gasteiger charge is -2.14. The number of benzene rings is 2. The lowest BCUT2D eigenvalue weighted by molar-refractivity contribution is 0.302. The molecular weight excluding hydrogens is 356 g/mol. The van der Waals surface area contributed by atoms with Gasteiger partial charge in [0.1, 0.15) is 5.75 Å². The van der Waals surface area contributed by atoms with Gasteiger partial charge in [0.05, 0.1) is 20.3 Å². The number of hydrogen-bond donors (Lipinski definition) is 0. The zero-order valence-electron chi connectivity index (χ0n) is 13.6. The van der Waals surface area contributed by atoms with Crippen molar-refractivity contribution in [3.05, 3.63) is 52.0 Å². The summed E-state index contributed by atoms with van der Waals surface area (Å²) in [5.41, 5.74) is 2.01. The summed E-state index contributed by atoms with van der Waals surface area (Å²) in [6.45, 7) is 5.08. The van der Waals surface area contributed by atoms with E-state index in [1.807, 2.05) is 62.4 Å². The topological polar surface area (TPSA) is 27.7 Å². The monoisotopic (exact) mass is 376 g/mol. The fraction of sp³-hybridized carbons (Fsp3) is 0.263. The highest BCUT2D eigenvalue weighted by atomic mass is 79.9. The van der Waals surface area contributed by atoms with E-state index in [1.165, 1.54) is 0 Å². The second kappa shape index (κ2) is 8.63. The predicted octanol–water partition coefficient (Wildman–Crippen LogP) is 5.43. The van der Waals surface area contributed by atoms with Crippen molar-refractivity contribution in [3.8, 4) is 17.2 Å². The molecule has 0 unspecified atom stereocenters. The molecule has 0 aliphatic heterocycles. The third-order valence-corrected chi connectivity index (χ3v) is 3.94. The summed E-state index contributed by atoms with van der Waals surface area (Å²) < 4.78 is 17.9. The van der Waals surface area contributed by atoms with Gasteiger partial charge in [0.25, 0.3) is 0 Å². The molecule has 122 valence electrons. The van der Waals surface area contributed by atoms with Gasteiger partial charge in [-0.1, -0.05) is 46.3 Å². The van der Waals surface area contributed by atoms with Gasteiger partial charge in [0.2, 0.25) is 0 Å². The molecule has 0 saturated heterocycles. The number of methoxy groups -OCH3 is 1. The quantitative estimate of drug-likeness (QED) is 0.603. The van der Waals surface area contributed by atoms with Crippen LogP contribution in [0.3, 0.4) is 0 Å². The molecule has 0 aliphatic rings. The van der Waals surface area contributed by atoms with Gasteiger partial charge in [-0.25, -0.2) is 0 Å². The van der Waals surface area contributed by atoms with E-state index in [0.29, 0.717) is 24.7 Å². The SMILES string of the molecule is CCOc1cc(C=Cc2ccccc2Br)c(OC)c(OCC)c1. The number of ether oxygens (including phenoxy) is 3. The number of rotatable bonds is 7. The fourth-order valence-corrected chi connectivity index (χ4v) is 2.66. The maximum absolute atomic E-state index is 5.68. The summed E-state index contributed by atoms with van der Waals surface area (Å²) in [7, 11) is 1.65. The van der Waals surface area contributed by atoms with Crippen molar-refractivity contribution in [3.63, 3.8) is 0 Å². The number of halogens is 1. The standard InChI is InChI=1S/C19H21BrO3/c1-4-22-16-12-15(19(21-3)18(13-16)23-5-2)11-10-14-8-6-7-9-17(14)20/h6-13H,4-5H2,1-3H3. The van der Waals surface area contributed by atoms with Crippen LogP contribution in [0.1, 0.15) is 25.0 Å². The van der Waals surface area contributed by atoms with Gasteiger partial charge in [-0.15, -0.1) is 0 Å². The van der Waals surface area contributed by atoms with Crippen molar-refractivity contribution < 1.29 is 14.2 Å². The minimum atomic E-state index is 0.569. The van der Waals surface area contributed by atoms with E-state index in [0.717, 1.165) is 21.3 Å². The molecule has 0 spiro atoms. The Bertz CT molecular complexity index is 680. The highest BCUT2D eigenvalue weighted by Gasteiger charge is 2.12. The molecule has 3 nitrogen and oxygen atoms in total. The molecule has 0 atom stereocenters. The molecule has 2 aromatic carbocycles. The molecule has 0 fully saturated rings. The van der Waals surface area contributed by atoms with E-state index in [4.69, 9.17) is 14.2 Å². The molecular formula is C19H21BrO3. The van der Waals surface area contributed by atoms with Crippen LogP contribution in [0.25, 0.3) is 12.2 Å². The smallest absolute Gasteiger partial charge is 0.168 e. The molecule has 23 heavy (non-hydrogen) atoms. The Morgan fingerprint density at radius 1 is 0.957 bits per heavy atom. The minimum Gasteiger partial charge on any atom is -0.494 e. The second-order valence-electron chi connectivity index (χ2n) is 4.76. The maximum Gasteiger partial charge on any atom is 0.168 e. The molecule has 4 heteroatoms. The summed E-state index contributed by atoms with van der Waals surface area (Å²) >= 11 is 3.55. The molecule has 2 rings (SSSR count). The van der Waals surface area contributed by atoms with Crippen LogP contribution in [0.15, 0.2) is 40.9 Å². The molecule has 0 aromatic heterocycles. The van der Waals surface area contributed by atoms with Crippen LogP contribution < -0.4 is 14.2 Å². The summed E-state index contributed by atoms with van der Waals surface area (Å²) in [5.74, 6) is 2.16. The van der Waals surface area contributed by atoms with Gasteiger partial charge in [0.15, 0.2) is 11.5 Å². The van der Waals surface area contributed by atoms with Crippen molar-refractivity contribution in [2.45, 2.75) is 13.8 Å². The van der Waals surface area contributed by atoms with E-state index in [2.05, 4.69) is 15.9 Å². The third kappa shape index (κ3) is 4.52. The zero-order chi connectivity index (χ0) is 16.7. The van der Waals surface area contributed by atoms with Gasteiger partial charge < -0.3 is 14.2 Å². The lowest BCUT2D eigenvalue weighted by atomic mass is 10.1. The summed E-state index contributed by atoms with van der Waals surface area (Å²) in [6.07, 6.45) is 4.04. The lowest BCUT2D eigenvalue weighted by Crippen LogP contribution is -1.99. The van der Waals surface area contributed by atoms with Crippen molar-refractivity contribution in [1.82, 2.24) is 0 Å². The first-order valence-electron chi connectivity index (χ1n) is 7.59. The molecule has 0 N–H and O–H groups in total. The number of hydrogen-bond acceptors (Lipinski definition) is 3. The molecule has 2 aromatic rings. The Kier molecular flexibility index (Phi) is 6.53. The largest absolute Gasteiger partial charge is 0.494 e. The molecule has 0 amide bonds. The molecule has 0 heterocycles. The van der Waals surface area contributed by atoms with Crippen LogP contribution >= 0.6 is 15.9 Å². The van der Waals surface area contributed by atoms with E-state index in [-0.39, 0.29) is 0 Å². The maximum atomic E-state index is 5.68. The molecule has 0 bridgehead atoms. The average molecular weight is 377 g/mol. The van der Waals surface area contributed by atoms with Crippen molar-refractivity contribution in [2.24, 2.45) is 0 Å². The van der Waals surface area contributed by atoms with Crippen LogP contribution in [-0.2, 0) is 0 Å². The Labute approximate surface area is 146 Å². The van der Waals surface area contributed by atoms with Gasteiger partial charge in [-0.2, -0.15) is 0 Å². The van der Waals surface area contributed by atoms with Crippen LogP contribution in [0.5, 0.6) is 17.2 Å². The highest BCUT2D eigenvalue weighted by Crippen LogP contribution is 2.37. The first kappa shape index (κ1) is 17.4. The second-order valence-corrected chi connectivity index (χ2v) is 5.62. The molecule has 0 saturated carbocycles. The fourth-order valence-electron chi connectivity index (χ4n) is 2.24. The van der Waals surface area contributed by atoms with E-state index < -0.39 is 0 Å². The first-order valence-corrected chi connectivity index (χ1v) is 8.39. The summed E-state index contributed by atoms with van der Waals surface area (Å²) in [6, 6.07) is 11.9. The highest BCUT2D eigenvalue weighted by molar-refractivity contribution is 9.10. The zero-order valence-corrected chi connectivity index (χ0v) is 15.2. The average Bonchev–Trinajstić information content (AvgIpc) is 2.54. The predicted molar refractivity (Wildman–Crippen MR) is 98.4 cm³/mol. The van der Waals surface area contributed by atoms with Crippen LogP contribution in [-0.4, -0.2) is 20.3 Å². The van der Waals surface area contributed by atoms with Crippen molar-refractivity contribution >= 4 is 28.1 Å². The van der Waals surface area contributed by atoms with Gasteiger partial charge in [-0.05, 0) is 31.5 Å². The molecule has 0 aliphatic carbocycles. The van der Waals surface area contributed by atoms with Gasteiger partial charge in [-0.3, -0.25) is 0 Å². The van der Waals surface area contributed by atoms with Crippen LogP contribution in [0.4, 0.5) is 0 Å². The minimum absolute atomic E-state index is 0.569. The Hall–Kier alpha value is -1.94. The van der Waals surface area contributed by atoms with Gasteiger partial charge >= 0.3 is 0 Å². The Balaban J connectivity index is 2.44. The van der Waals surface area contributed by atoms with Crippen LogP contribution in [0.2, 0.25) is 0 Å². The van der Waals surface area contributed by atoms with Gasteiger partial charge in [0, 0.05) is 16.1 Å². The molecule has 0 radical (unpaired) electrons. The van der Waals surface area contributed by atoms with Crippen LogP contribution in [0, 0.1) is 0 Å².